The lowest BCUT2D eigenvalue weighted by Gasteiger charge is -2.14. The molecule has 0 saturated carbocycles. The van der Waals surface area contributed by atoms with Crippen LogP contribution in [-0.4, -0.2) is 42.5 Å². The molecule has 2 aromatic carbocycles. The van der Waals surface area contributed by atoms with Crippen LogP contribution in [0.2, 0.25) is 5.02 Å². The predicted octanol–water partition coefficient (Wildman–Crippen LogP) is 3.98. The van der Waals surface area contributed by atoms with Crippen LogP contribution < -0.4 is 20.1 Å². The summed E-state index contributed by atoms with van der Waals surface area (Å²) in [5.74, 6) is -0.233. The highest BCUT2D eigenvalue weighted by atomic mass is 35.5. The Bertz CT molecular complexity index is 1070. The fraction of sp³-hybridized carbons (Fsp3) is 0.261. The molecule has 0 atom stereocenters. The molecule has 4 amide bonds. The minimum absolute atomic E-state index is 0.140. The molecule has 168 valence electrons. The molecule has 9 heteroatoms. The fourth-order valence-corrected chi connectivity index (χ4v) is 3.35. The molecule has 0 spiro atoms. The van der Waals surface area contributed by atoms with Gasteiger partial charge in [-0.25, -0.2) is 4.79 Å². The maximum atomic E-state index is 12.3. The Balaban J connectivity index is 1.76. The quantitative estimate of drug-likeness (QED) is 0.461. The number of hydrogen-bond donors (Lipinski definition) is 2. The van der Waals surface area contributed by atoms with Crippen molar-refractivity contribution in [2.75, 3.05) is 25.1 Å². The number of carbonyl (C=O) groups is 3. The van der Waals surface area contributed by atoms with Gasteiger partial charge >= 0.3 is 6.03 Å². The number of urea groups is 1. The zero-order chi connectivity index (χ0) is 23.3. The minimum Gasteiger partial charge on any atom is -0.490 e. The summed E-state index contributed by atoms with van der Waals surface area (Å²) in [4.78, 5) is 37.5. The van der Waals surface area contributed by atoms with Crippen LogP contribution in [0.1, 0.15) is 25.0 Å². The maximum absolute atomic E-state index is 12.3. The topological polar surface area (TPSA) is 97.0 Å². The van der Waals surface area contributed by atoms with Crippen molar-refractivity contribution in [2.45, 2.75) is 20.8 Å². The summed E-state index contributed by atoms with van der Waals surface area (Å²) in [7, 11) is 0. The number of benzene rings is 2. The predicted molar refractivity (Wildman–Crippen MR) is 122 cm³/mol. The van der Waals surface area contributed by atoms with Crippen molar-refractivity contribution in [3.05, 3.63) is 58.2 Å². The summed E-state index contributed by atoms with van der Waals surface area (Å²) in [6.45, 7) is 5.81. The average molecular weight is 458 g/mol. The van der Waals surface area contributed by atoms with Gasteiger partial charge in [-0.05, 0) is 56.7 Å². The summed E-state index contributed by atoms with van der Waals surface area (Å²) in [6.07, 6.45) is 1.51. The van der Waals surface area contributed by atoms with Gasteiger partial charge in [0.25, 0.3) is 11.8 Å². The minimum atomic E-state index is -0.473. The first kappa shape index (κ1) is 23.1. The third kappa shape index (κ3) is 5.39. The number of nitrogens with zero attached hydrogens (tertiary/aromatic N) is 1. The molecule has 8 nitrogen and oxygen atoms in total. The van der Waals surface area contributed by atoms with Gasteiger partial charge < -0.3 is 20.1 Å². The summed E-state index contributed by atoms with van der Waals surface area (Å²) >= 11 is 6.39. The van der Waals surface area contributed by atoms with Crippen LogP contribution in [-0.2, 0) is 9.59 Å². The van der Waals surface area contributed by atoms with Crippen molar-refractivity contribution in [3.63, 3.8) is 0 Å². The molecule has 1 fully saturated rings. The van der Waals surface area contributed by atoms with Gasteiger partial charge in [0, 0.05) is 12.2 Å². The standard InChI is InChI=1S/C23H24ClN3O5/c1-4-27-22(29)18(26-23(27)30)11-15-10-17(24)21(19(12-15)31-5-2)32-13-20(28)25-16-8-6-14(3)7-9-16/h6-12H,4-5,13H2,1-3H3,(H,25,28)(H,26,30)/b18-11+. The van der Waals surface area contributed by atoms with Crippen LogP contribution in [0.15, 0.2) is 42.1 Å². The van der Waals surface area contributed by atoms with Gasteiger partial charge in [0.1, 0.15) is 5.70 Å². The van der Waals surface area contributed by atoms with Gasteiger partial charge in [-0.2, -0.15) is 0 Å². The molecule has 0 bridgehead atoms. The number of nitrogens with one attached hydrogen (secondary N) is 2. The van der Waals surface area contributed by atoms with Crippen LogP contribution in [0.25, 0.3) is 6.08 Å². The number of anilines is 1. The van der Waals surface area contributed by atoms with Crippen LogP contribution >= 0.6 is 11.6 Å². The van der Waals surface area contributed by atoms with E-state index in [1.54, 1.807) is 38.1 Å². The molecule has 32 heavy (non-hydrogen) atoms. The van der Waals surface area contributed by atoms with Gasteiger partial charge in [0.15, 0.2) is 18.1 Å². The number of amides is 4. The third-order valence-electron chi connectivity index (χ3n) is 4.60. The van der Waals surface area contributed by atoms with E-state index in [2.05, 4.69) is 10.6 Å². The maximum Gasteiger partial charge on any atom is 0.328 e. The van der Waals surface area contributed by atoms with E-state index >= 15 is 0 Å². The molecule has 2 aromatic rings. The van der Waals surface area contributed by atoms with E-state index in [1.807, 2.05) is 19.1 Å². The van der Waals surface area contributed by atoms with E-state index in [-0.39, 0.29) is 35.5 Å². The number of halogens is 1. The molecule has 0 unspecified atom stereocenters. The van der Waals surface area contributed by atoms with E-state index < -0.39 is 11.9 Å². The molecule has 1 aliphatic rings. The van der Waals surface area contributed by atoms with Crippen molar-refractivity contribution in [2.24, 2.45) is 0 Å². The van der Waals surface area contributed by atoms with Gasteiger partial charge in [0.05, 0.1) is 11.6 Å². The fourth-order valence-electron chi connectivity index (χ4n) is 3.07. The SMILES string of the molecule is CCOc1cc(/C=C2/NC(=O)N(CC)C2=O)cc(Cl)c1OCC(=O)Nc1ccc(C)cc1. The Labute approximate surface area is 191 Å². The first-order chi connectivity index (χ1) is 15.3. The Morgan fingerprint density at radius 3 is 2.50 bits per heavy atom. The van der Waals surface area contributed by atoms with Crippen molar-refractivity contribution in [3.8, 4) is 11.5 Å². The molecular formula is C23H24ClN3O5. The Morgan fingerprint density at radius 2 is 1.88 bits per heavy atom. The number of ether oxygens (including phenoxy) is 2. The second-order valence-corrected chi connectivity index (χ2v) is 7.41. The number of likely N-dealkylation sites (N-methyl/N-ethyl adjacent to an activating group) is 1. The molecule has 1 saturated heterocycles. The van der Waals surface area contributed by atoms with Crippen molar-refractivity contribution in [1.82, 2.24) is 10.2 Å². The Hall–Kier alpha value is -3.52. The molecule has 0 aromatic heterocycles. The van der Waals surface area contributed by atoms with Crippen molar-refractivity contribution in [1.29, 1.82) is 0 Å². The summed E-state index contributed by atoms with van der Waals surface area (Å²) in [5.41, 5.74) is 2.42. The highest BCUT2D eigenvalue weighted by Gasteiger charge is 2.32. The second kappa shape index (κ2) is 10.2. The van der Waals surface area contributed by atoms with Crippen molar-refractivity contribution >= 4 is 41.2 Å². The zero-order valence-corrected chi connectivity index (χ0v) is 18.8. The van der Waals surface area contributed by atoms with Gasteiger partial charge in [0.2, 0.25) is 0 Å². The lowest BCUT2D eigenvalue weighted by Crippen LogP contribution is -2.30. The molecular weight excluding hydrogens is 434 g/mol. The number of imide groups is 1. The lowest BCUT2D eigenvalue weighted by molar-refractivity contribution is -0.122. The van der Waals surface area contributed by atoms with Crippen LogP contribution in [0.4, 0.5) is 10.5 Å². The van der Waals surface area contributed by atoms with Crippen LogP contribution in [0.5, 0.6) is 11.5 Å². The highest BCUT2D eigenvalue weighted by molar-refractivity contribution is 6.32. The molecule has 0 radical (unpaired) electrons. The molecule has 3 rings (SSSR count). The average Bonchev–Trinajstić information content (AvgIpc) is 3.01. The Kier molecular flexibility index (Phi) is 7.37. The smallest absolute Gasteiger partial charge is 0.328 e. The number of aryl methyl sites for hydroxylation is 1. The summed E-state index contributed by atoms with van der Waals surface area (Å²) in [6, 6.07) is 10.1. The third-order valence-corrected chi connectivity index (χ3v) is 4.88. The number of carbonyl (C=O) groups excluding carboxylic acids is 3. The van der Waals surface area contributed by atoms with E-state index in [1.165, 1.54) is 6.08 Å². The zero-order valence-electron chi connectivity index (χ0n) is 18.0. The largest absolute Gasteiger partial charge is 0.490 e. The van der Waals surface area contributed by atoms with Gasteiger partial charge in [-0.1, -0.05) is 29.3 Å². The number of hydrogen-bond acceptors (Lipinski definition) is 5. The molecule has 1 heterocycles. The van der Waals surface area contributed by atoms with Crippen LogP contribution in [0.3, 0.4) is 0 Å². The summed E-state index contributed by atoms with van der Waals surface area (Å²) in [5, 5.41) is 5.49. The van der Waals surface area contributed by atoms with E-state index in [4.69, 9.17) is 21.1 Å². The monoisotopic (exact) mass is 457 g/mol. The van der Waals surface area contributed by atoms with Crippen molar-refractivity contribution < 1.29 is 23.9 Å². The lowest BCUT2D eigenvalue weighted by atomic mass is 10.1. The first-order valence-electron chi connectivity index (χ1n) is 10.1. The van der Waals surface area contributed by atoms with Gasteiger partial charge in [-0.15, -0.1) is 0 Å². The van der Waals surface area contributed by atoms with Crippen LogP contribution in [0, 0.1) is 6.92 Å². The normalized spacial score (nSPS) is 14.5. The second-order valence-electron chi connectivity index (χ2n) is 7.00. The first-order valence-corrected chi connectivity index (χ1v) is 10.5. The molecule has 1 aliphatic heterocycles. The molecule has 0 aliphatic carbocycles. The highest BCUT2D eigenvalue weighted by Crippen LogP contribution is 2.37. The Morgan fingerprint density at radius 1 is 1.16 bits per heavy atom. The molecule has 2 N–H and O–H groups in total. The summed E-state index contributed by atoms with van der Waals surface area (Å²) < 4.78 is 11.3. The van der Waals surface area contributed by atoms with E-state index in [0.717, 1.165) is 10.5 Å². The van der Waals surface area contributed by atoms with E-state index in [0.29, 0.717) is 23.6 Å². The van der Waals surface area contributed by atoms with Gasteiger partial charge in [-0.3, -0.25) is 14.5 Å². The van der Waals surface area contributed by atoms with E-state index in [9.17, 15) is 14.4 Å². The number of rotatable bonds is 8.